The van der Waals surface area contributed by atoms with Gasteiger partial charge in [0, 0.05) is 19.3 Å². The van der Waals surface area contributed by atoms with E-state index in [4.69, 9.17) is 14.2 Å². The number of hydrogen-bond donors (Lipinski definition) is 0. The van der Waals surface area contributed by atoms with Gasteiger partial charge in [-0.2, -0.15) is 0 Å². The van der Waals surface area contributed by atoms with E-state index < -0.39 is 6.10 Å². The van der Waals surface area contributed by atoms with E-state index in [0.29, 0.717) is 19.3 Å². The predicted molar refractivity (Wildman–Crippen MR) is 279 cm³/mol. The van der Waals surface area contributed by atoms with Crippen molar-refractivity contribution in [3.63, 3.8) is 0 Å². The quantitative estimate of drug-likeness (QED) is 0.0262. The minimum absolute atomic E-state index is 0.128. The second-order valence-electron chi connectivity index (χ2n) is 16.3. The molecular weight excluding hydrogens is 805 g/mol. The molecule has 6 heteroatoms. The summed E-state index contributed by atoms with van der Waals surface area (Å²) in [4.78, 5) is 37.9. The fraction of sp³-hybridized carbons (Fsp3) is 0.576. The number of carbonyl (C=O) groups excluding carboxylic acids is 3. The molecule has 0 saturated carbocycles. The Kier molecular flexibility index (Phi) is 48.6. The van der Waals surface area contributed by atoms with Crippen molar-refractivity contribution in [3.05, 3.63) is 134 Å². The van der Waals surface area contributed by atoms with Crippen LogP contribution in [0.3, 0.4) is 0 Å². The summed E-state index contributed by atoms with van der Waals surface area (Å²) in [5.41, 5.74) is 0. The standard InChI is InChI=1S/C59H92O6/c1-4-7-10-13-16-19-22-24-26-28-29-31-32-34-37-40-43-46-49-52-58(61)64-55-56(54-63-57(60)51-48-45-42-39-36-21-18-15-12-9-6-3)65-59(62)53-50-47-44-41-38-35-33-30-27-25-23-20-17-14-11-8-5-2/h7,9-10,12,16-21,24-27,29,31,33,35,39,41-42,44,56H,4-6,8,11,13-15,22-23,28,30,32,34,36-38,40,43,45-55H2,1-3H3/b10-7-,12-9-,19-16-,20-17-,21-18-,26-24-,27-25-,31-29-,35-33-,42-39-,44-41-. The highest BCUT2D eigenvalue weighted by atomic mass is 16.6. The van der Waals surface area contributed by atoms with Gasteiger partial charge in [0.2, 0.25) is 0 Å². The van der Waals surface area contributed by atoms with E-state index in [9.17, 15) is 14.4 Å². The topological polar surface area (TPSA) is 78.9 Å². The Balaban J connectivity index is 4.54. The van der Waals surface area contributed by atoms with Gasteiger partial charge in [-0.1, -0.05) is 193 Å². The van der Waals surface area contributed by atoms with Crippen molar-refractivity contribution in [1.29, 1.82) is 0 Å². The summed E-state index contributed by atoms with van der Waals surface area (Å²) in [5, 5.41) is 0. The summed E-state index contributed by atoms with van der Waals surface area (Å²) in [6, 6.07) is 0. The average Bonchev–Trinajstić information content (AvgIpc) is 3.30. The molecule has 364 valence electrons. The first-order valence-corrected chi connectivity index (χ1v) is 25.7. The summed E-state index contributed by atoms with van der Waals surface area (Å²) in [6.07, 6.45) is 73.1. The van der Waals surface area contributed by atoms with Crippen molar-refractivity contribution in [2.45, 2.75) is 207 Å². The molecule has 0 bridgehead atoms. The Labute approximate surface area is 398 Å². The first kappa shape index (κ1) is 60.5. The molecule has 0 radical (unpaired) electrons. The summed E-state index contributed by atoms with van der Waals surface area (Å²) in [5.74, 6) is -1.07. The van der Waals surface area contributed by atoms with Crippen LogP contribution in [0.1, 0.15) is 201 Å². The van der Waals surface area contributed by atoms with Crippen molar-refractivity contribution in [3.8, 4) is 0 Å². The normalized spacial score (nSPS) is 13.2. The van der Waals surface area contributed by atoms with E-state index in [-0.39, 0.29) is 44.0 Å². The predicted octanol–water partition coefficient (Wildman–Crippen LogP) is 17.1. The van der Waals surface area contributed by atoms with Crippen LogP contribution in [0.15, 0.2) is 134 Å². The van der Waals surface area contributed by atoms with Gasteiger partial charge in [-0.3, -0.25) is 14.4 Å². The molecule has 0 spiro atoms. The average molecular weight is 897 g/mol. The molecule has 0 saturated heterocycles. The fourth-order valence-corrected chi connectivity index (χ4v) is 6.33. The van der Waals surface area contributed by atoms with Crippen LogP contribution in [0.4, 0.5) is 0 Å². The van der Waals surface area contributed by atoms with E-state index >= 15 is 0 Å². The smallest absolute Gasteiger partial charge is 0.306 e. The molecule has 0 aliphatic rings. The lowest BCUT2D eigenvalue weighted by atomic mass is 10.1. The summed E-state index contributed by atoms with van der Waals surface area (Å²) >= 11 is 0. The molecule has 1 unspecified atom stereocenters. The molecule has 0 aromatic rings. The number of hydrogen-bond acceptors (Lipinski definition) is 6. The van der Waals surface area contributed by atoms with Gasteiger partial charge in [-0.15, -0.1) is 0 Å². The lowest BCUT2D eigenvalue weighted by Crippen LogP contribution is -2.30. The molecule has 0 aromatic carbocycles. The monoisotopic (exact) mass is 897 g/mol. The Morgan fingerprint density at radius 3 is 1.00 bits per heavy atom. The second-order valence-corrected chi connectivity index (χ2v) is 16.3. The summed E-state index contributed by atoms with van der Waals surface area (Å²) in [6.45, 7) is 6.25. The van der Waals surface area contributed by atoms with E-state index in [1.54, 1.807) is 0 Å². The van der Waals surface area contributed by atoms with Gasteiger partial charge in [0.05, 0.1) is 0 Å². The first-order valence-electron chi connectivity index (χ1n) is 25.7. The van der Waals surface area contributed by atoms with Gasteiger partial charge >= 0.3 is 17.9 Å². The molecule has 0 rings (SSSR count). The van der Waals surface area contributed by atoms with Gasteiger partial charge in [-0.05, 0) is 122 Å². The van der Waals surface area contributed by atoms with Gasteiger partial charge < -0.3 is 14.2 Å². The van der Waals surface area contributed by atoms with Crippen LogP contribution >= 0.6 is 0 Å². The zero-order valence-corrected chi connectivity index (χ0v) is 41.4. The fourth-order valence-electron chi connectivity index (χ4n) is 6.33. The highest BCUT2D eigenvalue weighted by molar-refractivity contribution is 5.71. The van der Waals surface area contributed by atoms with Crippen molar-refractivity contribution >= 4 is 17.9 Å². The van der Waals surface area contributed by atoms with Gasteiger partial charge in [0.15, 0.2) is 6.10 Å². The Morgan fingerprint density at radius 1 is 0.323 bits per heavy atom. The minimum atomic E-state index is -0.837. The van der Waals surface area contributed by atoms with Crippen LogP contribution < -0.4 is 0 Å². The van der Waals surface area contributed by atoms with Crippen LogP contribution in [0.25, 0.3) is 0 Å². The van der Waals surface area contributed by atoms with Gasteiger partial charge in [0.1, 0.15) is 13.2 Å². The summed E-state index contributed by atoms with van der Waals surface area (Å²) in [7, 11) is 0. The zero-order chi connectivity index (χ0) is 47.2. The maximum absolute atomic E-state index is 12.8. The van der Waals surface area contributed by atoms with E-state index in [1.807, 2.05) is 0 Å². The van der Waals surface area contributed by atoms with Gasteiger partial charge in [0.25, 0.3) is 0 Å². The lowest BCUT2D eigenvalue weighted by Gasteiger charge is -2.18. The number of esters is 3. The Hall–Kier alpha value is -4.45. The van der Waals surface area contributed by atoms with E-state index in [0.717, 1.165) is 109 Å². The van der Waals surface area contributed by atoms with Crippen LogP contribution in [0, 0.1) is 0 Å². The highest BCUT2D eigenvalue weighted by Crippen LogP contribution is 2.11. The summed E-state index contributed by atoms with van der Waals surface area (Å²) < 4.78 is 16.7. The minimum Gasteiger partial charge on any atom is -0.462 e. The maximum Gasteiger partial charge on any atom is 0.306 e. The molecule has 0 aliphatic carbocycles. The Bertz CT molecular complexity index is 1450. The second kappa shape index (κ2) is 52.2. The lowest BCUT2D eigenvalue weighted by molar-refractivity contribution is -0.167. The third-order valence-electron chi connectivity index (χ3n) is 10.1. The SMILES string of the molecule is CC/C=C\C/C=C\C/C=C\C/C=C\CCCCCCCCC(=O)OCC(COC(=O)CCC/C=C\C/C=C\C/C=C\CC)OC(=O)CCC/C=C\C/C=C\C/C=C\C/C=C\CCCCC. The molecule has 0 fully saturated rings. The molecular formula is C59H92O6. The zero-order valence-electron chi connectivity index (χ0n) is 41.4. The van der Waals surface area contributed by atoms with Crippen LogP contribution in [-0.4, -0.2) is 37.2 Å². The van der Waals surface area contributed by atoms with Crippen LogP contribution in [0.2, 0.25) is 0 Å². The third kappa shape index (κ3) is 50.4. The molecule has 0 aliphatic heterocycles. The van der Waals surface area contributed by atoms with Crippen molar-refractivity contribution in [1.82, 2.24) is 0 Å². The van der Waals surface area contributed by atoms with E-state index in [1.165, 1.54) is 38.5 Å². The van der Waals surface area contributed by atoms with Crippen molar-refractivity contribution < 1.29 is 28.6 Å². The number of unbranched alkanes of at least 4 members (excludes halogenated alkanes) is 11. The molecule has 1 atom stereocenters. The molecule has 0 aromatic heterocycles. The molecule has 0 N–H and O–H groups in total. The molecule has 0 heterocycles. The van der Waals surface area contributed by atoms with Gasteiger partial charge in [-0.25, -0.2) is 0 Å². The third-order valence-corrected chi connectivity index (χ3v) is 10.1. The molecule has 6 nitrogen and oxygen atoms in total. The first-order chi connectivity index (χ1) is 32.0. The van der Waals surface area contributed by atoms with Crippen LogP contribution in [-0.2, 0) is 28.6 Å². The van der Waals surface area contributed by atoms with E-state index in [2.05, 4.69) is 154 Å². The van der Waals surface area contributed by atoms with Crippen molar-refractivity contribution in [2.24, 2.45) is 0 Å². The largest absolute Gasteiger partial charge is 0.462 e. The maximum atomic E-state index is 12.8. The van der Waals surface area contributed by atoms with Crippen LogP contribution in [0.5, 0.6) is 0 Å². The van der Waals surface area contributed by atoms with Crippen molar-refractivity contribution in [2.75, 3.05) is 13.2 Å². The number of ether oxygens (including phenoxy) is 3. The molecule has 65 heavy (non-hydrogen) atoms. The molecule has 0 amide bonds. The Morgan fingerprint density at radius 2 is 0.615 bits per heavy atom. The number of rotatable bonds is 44. The number of carbonyl (C=O) groups is 3. The number of allylic oxidation sites excluding steroid dienone is 22. The highest BCUT2D eigenvalue weighted by Gasteiger charge is 2.19.